The van der Waals surface area contributed by atoms with Crippen molar-refractivity contribution in [3.05, 3.63) is 29.8 Å². The molecule has 1 heterocycles. The van der Waals surface area contributed by atoms with E-state index >= 15 is 0 Å². The minimum atomic E-state index is -0.692. The summed E-state index contributed by atoms with van der Waals surface area (Å²) in [5.41, 5.74) is 0.599. The highest BCUT2D eigenvalue weighted by atomic mass is 16.5. The number of carbonyl (C=O) groups is 1. The number of hydrogen-bond donors (Lipinski definition) is 1. The van der Waals surface area contributed by atoms with Crippen LogP contribution in [0.25, 0.3) is 0 Å². The van der Waals surface area contributed by atoms with Crippen LogP contribution in [0.5, 0.6) is 5.75 Å². The summed E-state index contributed by atoms with van der Waals surface area (Å²) in [4.78, 5) is 13.5. The zero-order valence-electron chi connectivity index (χ0n) is 13.1. The summed E-state index contributed by atoms with van der Waals surface area (Å²) >= 11 is 0. The predicted molar refractivity (Wildman–Crippen MR) is 82.4 cm³/mol. The van der Waals surface area contributed by atoms with Crippen LogP contribution in [-0.4, -0.2) is 35.7 Å². The Labute approximate surface area is 126 Å². The van der Waals surface area contributed by atoms with Gasteiger partial charge in [0, 0.05) is 13.1 Å². The maximum Gasteiger partial charge on any atom is 0.310 e. The van der Waals surface area contributed by atoms with E-state index in [4.69, 9.17) is 4.74 Å². The molecule has 1 aromatic carbocycles. The van der Waals surface area contributed by atoms with E-state index in [2.05, 4.69) is 30.9 Å². The Hall–Kier alpha value is -1.55. The fourth-order valence-electron chi connectivity index (χ4n) is 2.58. The van der Waals surface area contributed by atoms with E-state index in [0.717, 1.165) is 31.9 Å². The maximum absolute atomic E-state index is 11.2. The van der Waals surface area contributed by atoms with Crippen LogP contribution in [0.2, 0.25) is 0 Å². The molecule has 0 saturated carbocycles. The van der Waals surface area contributed by atoms with Crippen molar-refractivity contribution in [3.63, 3.8) is 0 Å². The molecule has 0 spiro atoms. The summed E-state index contributed by atoms with van der Waals surface area (Å²) in [6.45, 7) is 9.07. The molecule has 4 nitrogen and oxygen atoms in total. The van der Waals surface area contributed by atoms with Gasteiger partial charge in [0.05, 0.1) is 12.0 Å². The van der Waals surface area contributed by atoms with Crippen molar-refractivity contribution in [1.29, 1.82) is 0 Å². The molecule has 1 fully saturated rings. The summed E-state index contributed by atoms with van der Waals surface area (Å²) in [5, 5.41) is 9.25. The topological polar surface area (TPSA) is 49.8 Å². The Kier molecular flexibility index (Phi) is 4.88. The van der Waals surface area contributed by atoms with Crippen molar-refractivity contribution in [1.82, 2.24) is 4.90 Å². The van der Waals surface area contributed by atoms with Gasteiger partial charge in [-0.3, -0.25) is 9.69 Å². The molecule has 0 amide bonds. The number of carboxylic acids is 1. The average molecular weight is 291 g/mol. The zero-order valence-corrected chi connectivity index (χ0v) is 13.1. The highest BCUT2D eigenvalue weighted by molar-refractivity contribution is 5.74. The first-order valence-corrected chi connectivity index (χ1v) is 7.56. The molecule has 1 saturated heterocycles. The van der Waals surface area contributed by atoms with Gasteiger partial charge in [-0.1, -0.05) is 26.0 Å². The van der Waals surface area contributed by atoms with Crippen molar-refractivity contribution < 1.29 is 14.6 Å². The molecule has 1 aliphatic heterocycles. The van der Waals surface area contributed by atoms with Gasteiger partial charge in [0.1, 0.15) is 5.75 Å². The summed E-state index contributed by atoms with van der Waals surface area (Å²) in [7, 11) is 0. The SMILES string of the molecule is CC(C)COc1ccc(CN2CCC(C)(C(=O)O)C2)cc1. The lowest BCUT2D eigenvalue weighted by Crippen LogP contribution is -2.31. The third-order valence-corrected chi connectivity index (χ3v) is 3.98. The molecule has 0 aliphatic carbocycles. The minimum absolute atomic E-state index is 0.517. The molecule has 4 heteroatoms. The van der Waals surface area contributed by atoms with Gasteiger partial charge in [0.2, 0.25) is 0 Å². The highest BCUT2D eigenvalue weighted by Crippen LogP contribution is 2.31. The maximum atomic E-state index is 11.2. The predicted octanol–water partition coefficient (Wildman–Crippen LogP) is 3.02. The minimum Gasteiger partial charge on any atom is -0.493 e. The molecule has 1 atom stereocenters. The van der Waals surface area contributed by atoms with E-state index in [-0.39, 0.29) is 0 Å². The summed E-state index contributed by atoms with van der Waals surface area (Å²) in [5.74, 6) is 0.717. The normalized spacial score (nSPS) is 22.7. The smallest absolute Gasteiger partial charge is 0.310 e. The van der Waals surface area contributed by atoms with Gasteiger partial charge < -0.3 is 9.84 Å². The Morgan fingerprint density at radius 3 is 2.57 bits per heavy atom. The quantitative estimate of drug-likeness (QED) is 0.875. The zero-order chi connectivity index (χ0) is 15.5. The molecule has 0 bridgehead atoms. The van der Waals surface area contributed by atoms with Gasteiger partial charge in [-0.2, -0.15) is 0 Å². The van der Waals surface area contributed by atoms with Gasteiger partial charge in [-0.15, -0.1) is 0 Å². The van der Waals surface area contributed by atoms with E-state index in [1.54, 1.807) is 0 Å². The van der Waals surface area contributed by atoms with Crippen LogP contribution >= 0.6 is 0 Å². The number of nitrogens with zero attached hydrogens (tertiary/aromatic N) is 1. The lowest BCUT2D eigenvalue weighted by molar-refractivity contribution is -0.147. The van der Waals surface area contributed by atoms with Gasteiger partial charge in [-0.05, 0) is 43.5 Å². The first-order chi connectivity index (χ1) is 9.89. The summed E-state index contributed by atoms with van der Waals surface area (Å²) in [6.07, 6.45) is 0.720. The van der Waals surface area contributed by atoms with Crippen molar-refractivity contribution in [2.24, 2.45) is 11.3 Å². The van der Waals surface area contributed by atoms with Crippen molar-refractivity contribution >= 4 is 5.97 Å². The third-order valence-electron chi connectivity index (χ3n) is 3.98. The van der Waals surface area contributed by atoms with Gasteiger partial charge in [0.15, 0.2) is 0 Å². The van der Waals surface area contributed by atoms with Crippen molar-refractivity contribution in [2.75, 3.05) is 19.7 Å². The number of likely N-dealkylation sites (tertiary alicyclic amines) is 1. The molecule has 0 radical (unpaired) electrons. The largest absolute Gasteiger partial charge is 0.493 e. The van der Waals surface area contributed by atoms with E-state index in [1.165, 1.54) is 5.56 Å². The highest BCUT2D eigenvalue weighted by Gasteiger charge is 2.40. The third kappa shape index (κ3) is 4.21. The van der Waals surface area contributed by atoms with Crippen LogP contribution in [0.15, 0.2) is 24.3 Å². The molecule has 21 heavy (non-hydrogen) atoms. The second-order valence-corrected chi connectivity index (χ2v) is 6.68. The molecule has 2 rings (SSSR count). The molecule has 116 valence electrons. The van der Waals surface area contributed by atoms with Gasteiger partial charge in [-0.25, -0.2) is 0 Å². The second-order valence-electron chi connectivity index (χ2n) is 6.68. The van der Waals surface area contributed by atoms with Crippen LogP contribution in [0.3, 0.4) is 0 Å². The first-order valence-electron chi connectivity index (χ1n) is 7.56. The number of rotatable bonds is 6. The van der Waals surface area contributed by atoms with E-state index in [0.29, 0.717) is 12.5 Å². The lowest BCUT2D eigenvalue weighted by atomic mass is 9.90. The first kappa shape index (κ1) is 15.8. The van der Waals surface area contributed by atoms with Crippen LogP contribution in [0, 0.1) is 11.3 Å². The number of carboxylic acid groups (broad SMARTS) is 1. The molecule has 1 unspecified atom stereocenters. The Morgan fingerprint density at radius 2 is 2.05 bits per heavy atom. The Balaban J connectivity index is 1.88. The van der Waals surface area contributed by atoms with Crippen LogP contribution in [0.4, 0.5) is 0 Å². The number of hydrogen-bond acceptors (Lipinski definition) is 3. The molecule has 1 aromatic rings. The lowest BCUT2D eigenvalue weighted by Gasteiger charge is -2.20. The van der Waals surface area contributed by atoms with Gasteiger partial charge in [0.25, 0.3) is 0 Å². The fourth-order valence-corrected chi connectivity index (χ4v) is 2.58. The standard InChI is InChI=1S/C17H25NO3/c1-13(2)11-21-15-6-4-14(5-7-15)10-18-9-8-17(3,12-18)16(19)20/h4-7,13H,8-12H2,1-3H3,(H,19,20). The van der Waals surface area contributed by atoms with Crippen LogP contribution in [0.1, 0.15) is 32.8 Å². The van der Waals surface area contributed by atoms with Crippen LogP contribution < -0.4 is 4.74 Å². The van der Waals surface area contributed by atoms with Crippen molar-refractivity contribution in [3.8, 4) is 5.75 Å². The van der Waals surface area contributed by atoms with Crippen molar-refractivity contribution in [2.45, 2.75) is 33.7 Å². The molecular formula is C17H25NO3. The molecule has 1 aliphatic rings. The summed E-state index contributed by atoms with van der Waals surface area (Å²) < 4.78 is 5.67. The summed E-state index contributed by atoms with van der Waals surface area (Å²) in [6, 6.07) is 8.10. The average Bonchev–Trinajstić information content (AvgIpc) is 2.81. The molecule has 0 aromatic heterocycles. The number of aliphatic carboxylic acids is 1. The van der Waals surface area contributed by atoms with Crippen LogP contribution in [-0.2, 0) is 11.3 Å². The monoisotopic (exact) mass is 291 g/mol. The van der Waals surface area contributed by atoms with E-state index < -0.39 is 11.4 Å². The molecule has 1 N–H and O–H groups in total. The van der Waals surface area contributed by atoms with Gasteiger partial charge >= 0.3 is 5.97 Å². The number of ether oxygens (including phenoxy) is 1. The van der Waals surface area contributed by atoms with E-state index in [9.17, 15) is 9.90 Å². The van der Waals surface area contributed by atoms with E-state index in [1.807, 2.05) is 19.1 Å². The Bertz CT molecular complexity index is 483. The second kappa shape index (κ2) is 6.48. The fraction of sp³-hybridized carbons (Fsp3) is 0.588. The number of benzene rings is 1. The Morgan fingerprint density at radius 1 is 1.38 bits per heavy atom. The molecular weight excluding hydrogens is 266 g/mol.